The van der Waals surface area contributed by atoms with E-state index in [1.54, 1.807) is 5.57 Å². The molecule has 0 unspecified atom stereocenters. The van der Waals surface area contributed by atoms with Gasteiger partial charge in [-0.15, -0.1) is 0 Å². The van der Waals surface area contributed by atoms with Crippen LogP contribution in [0.4, 0.5) is 0 Å². The molecule has 1 fully saturated rings. The summed E-state index contributed by atoms with van der Waals surface area (Å²) in [6.07, 6.45) is 13.9. The smallest absolute Gasteiger partial charge is 0.0166 e. The average molecular weight is 237 g/mol. The van der Waals surface area contributed by atoms with Crippen LogP contribution in [0.2, 0.25) is 0 Å². The summed E-state index contributed by atoms with van der Waals surface area (Å²) >= 11 is 0. The minimum atomic E-state index is 0.599. The van der Waals surface area contributed by atoms with E-state index in [0.717, 1.165) is 12.5 Å². The zero-order chi connectivity index (χ0) is 12.5. The third kappa shape index (κ3) is 6.88. The molecule has 1 nitrogen and oxygen atoms in total. The van der Waals surface area contributed by atoms with Crippen molar-refractivity contribution in [2.45, 2.75) is 78.2 Å². The minimum absolute atomic E-state index is 0.599. The van der Waals surface area contributed by atoms with Crippen molar-refractivity contribution in [1.82, 2.24) is 5.32 Å². The monoisotopic (exact) mass is 237 g/mol. The van der Waals surface area contributed by atoms with E-state index in [-0.39, 0.29) is 0 Å². The van der Waals surface area contributed by atoms with Crippen LogP contribution in [-0.4, -0.2) is 12.6 Å². The van der Waals surface area contributed by atoms with E-state index in [0.29, 0.717) is 6.04 Å². The Morgan fingerprint density at radius 3 is 2.24 bits per heavy atom. The Morgan fingerprint density at radius 1 is 1.12 bits per heavy atom. The fourth-order valence-electron chi connectivity index (χ4n) is 2.62. The van der Waals surface area contributed by atoms with Crippen molar-refractivity contribution in [3.63, 3.8) is 0 Å². The lowest BCUT2D eigenvalue weighted by Crippen LogP contribution is -2.25. The number of nitrogens with one attached hydrogen (secondary N) is 1. The summed E-state index contributed by atoms with van der Waals surface area (Å²) in [6, 6.07) is 0.599. The lowest BCUT2D eigenvalue weighted by atomic mass is 9.89. The van der Waals surface area contributed by atoms with Gasteiger partial charge in [-0.3, -0.25) is 0 Å². The van der Waals surface area contributed by atoms with Crippen LogP contribution in [0, 0.1) is 5.92 Å². The van der Waals surface area contributed by atoms with Gasteiger partial charge < -0.3 is 5.32 Å². The normalized spacial score (nSPS) is 20.4. The molecular weight excluding hydrogens is 206 g/mol. The van der Waals surface area contributed by atoms with Crippen LogP contribution >= 0.6 is 0 Å². The highest BCUT2D eigenvalue weighted by Crippen LogP contribution is 2.24. The Labute approximate surface area is 108 Å². The number of rotatable bonds is 5. The average Bonchev–Trinajstić information content (AvgIpc) is 2.26. The summed E-state index contributed by atoms with van der Waals surface area (Å²) in [5.74, 6) is 0.860. The minimum Gasteiger partial charge on any atom is -0.311 e. The zero-order valence-corrected chi connectivity index (χ0v) is 12.1. The maximum atomic E-state index is 3.55. The van der Waals surface area contributed by atoms with Crippen molar-refractivity contribution in [3.8, 4) is 0 Å². The molecule has 0 amide bonds. The van der Waals surface area contributed by atoms with Crippen molar-refractivity contribution in [2.75, 3.05) is 6.54 Å². The lowest BCUT2D eigenvalue weighted by Gasteiger charge is -2.18. The summed E-state index contributed by atoms with van der Waals surface area (Å²) < 4.78 is 0. The van der Waals surface area contributed by atoms with Crippen molar-refractivity contribution in [3.05, 3.63) is 11.6 Å². The predicted octanol–water partition coefficient (Wildman–Crippen LogP) is 4.68. The van der Waals surface area contributed by atoms with Crippen molar-refractivity contribution < 1.29 is 0 Å². The fourth-order valence-corrected chi connectivity index (χ4v) is 2.62. The molecule has 0 heterocycles. The molecular formula is C16H31N. The van der Waals surface area contributed by atoms with Crippen molar-refractivity contribution in [2.24, 2.45) is 5.92 Å². The zero-order valence-electron chi connectivity index (χ0n) is 12.1. The summed E-state index contributed by atoms with van der Waals surface area (Å²) in [4.78, 5) is 0. The quantitative estimate of drug-likeness (QED) is 0.685. The van der Waals surface area contributed by atoms with E-state index < -0.39 is 0 Å². The predicted molar refractivity (Wildman–Crippen MR) is 77.3 cm³/mol. The first-order valence-corrected chi connectivity index (χ1v) is 7.65. The van der Waals surface area contributed by atoms with E-state index in [2.05, 4.69) is 32.2 Å². The molecule has 0 spiro atoms. The first kappa shape index (κ1) is 14.8. The molecule has 0 bridgehead atoms. The SMILES string of the molecule is CCC(=CC1CCCCCCC1)CNC(C)C. The number of allylic oxidation sites excluding steroid dienone is 1. The maximum absolute atomic E-state index is 3.55. The van der Waals surface area contributed by atoms with Crippen molar-refractivity contribution >= 4 is 0 Å². The summed E-state index contributed by atoms with van der Waals surface area (Å²) in [7, 11) is 0. The van der Waals surface area contributed by atoms with Gasteiger partial charge in [-0.05, 0) is 25.2 Å². The van der Waals surface area contributed by atoms with Gasteiger partial charge in [0.25, 0.3) is 0 Å². The highest BCUT2D eigenvalue weighted by atomic mass is 14.9. The van der Waals surface area contributed by atoms with Gasteiger partial charge in [-0.1, -0.05) is 64.5 Å². The molecule has 1 rings (SSSR count). The van der Waals surface area contributed by atoms with Crippen LogP contribution in [0.3, 0.4) is 0 Å². The van der Waals surface area contributed by atoms with Crippen LogP contribution in [0.1, 0.15) is 72.1 Å². The molecule has 1 N–H and O–H groups in total. The second kappa shape index (κ2) is 8.74. The Morgan fingerprint density at radius 2 is 1.71 bits per heavy atom. The van der Waals surface area contributed by atoms with Gasteiger partial charge >= 0.3 is 0 Å². The van der Waals surface area contributed by atoms with E-state index in [9.17, 15) is 0 Å². The van der Waals surface area contributed by atoms with Crippen LogP contribution in [0.15, 0.2) is 11.6 Å². The van der Waals surface area contributed by atoms with Gasteiger partial charge in [0.15, 0.2) is 0 Å². The Balaban J connectivity index is 2.43. The standard InChI is InChI=1S/C16H31N/c1-4-15(13-17-14(2)3)12-16-10-8-6-5-7-9-11-16/h12,14,16-17H,4-11,13H2,1-3H3. The molecule has 100 valence electrons. The topological polar surface area (TPSA) is 12.0 Å². The van der Waals surface area contributed by atoms with Crippen LogP contribution < -0.4 is 5.32 Å². The summed E-state index contributed by atoms with van der Waals surface area (Å²) in [5, 5.41) is 3.55. The summed E-state index contributed by atoms with van der Waals surface area (Å²) in [6.45, 7) is 7.83. The molecule has 0 atom stereocenters. The van der Waals surface area contributed by atoms with E-state index in [1.807, 2.05) is 0 Å². The van der Waals surface area contributed by atoms with Crippen LogP contribution in [0.25, 0.3) is 0 Å². The third-order valence-electron chi connectivity index (χ3n) is 3.81. The van der Waals surface area contributed by atoms with Gasteiger partial charge in [-0.2, -0.15) is 0 Å². The van der Waals surface area contributed by atoms with Gasteiger partial charge in [0.2, 0.25) is 0 Å². The highest BCUT2D eigenvalue weighted by molar-refractivity contribution is 5.06. The second-order valence-corrected chi connectivity index (χ2v) is 5.82. The highest BCUT2D eigenvalue weighted by Gasteiger charge is 2.09. The van der Waals surface area contributed by atoms with E-state index >= 15 is 0 Å². The van der Waals surface area contributed by atoms with Gasteiger partial charge in [-0.25, -0.2) is 0 Å². The molecule has 1 saturated carbocycles. The maximum Gasteiger partial charge on any atom is 0.0166 e. The molecule has 1 aliphatic rings. The fraction of sp³-hybridized carbons (Fsp3) is 0.875. The Bertz CT molecular complexity index is 210. The Kier molecular flexibility index (Phi) is 7.59. The first-order chi connectivity index (χ1) is 8.22. The van der Waals surface area contributed by atoms with Gasteiger partial charge in [0.05, 0.1) is 0 Å². The van der Waals surface area contributed by atoms with Crippen LogP contribution in [0.5, 0.6) is 0 Å². The molecule has 0 aromatic rings. The van der Waals surface area contributed by atoms with Crippen molar-refractivity contribution in [1.29, 1.82) is 0 Å². The molecule has 0 aromatic heterocycles. The molecule has 1 aliphatic carbocycles. The molecule has 0 aromatic carbocycles. The Hall–Kier alpha value is -0.300. The lowest BCUT2D eigenvalue weighted by molar-refractivity contribution is 0.432. The third-order valence-corrected chi connectivity index (χ3v) is 3.81. The summed E-state index contributed by atoms with van der Waals surface area (Å²) in [5.41, 5.74) is 1.62. The molecule has 0 aliphatic heterocycles. The number of hydrogen-bond acceptors (Lipinski definition) is 1. The van der Waals surface area contributed by atoms with E-state index in [4.69, 9.17) is 0 Å². The second-order valence-electron chi connectivity index (χ2n) is 5.82. The largest absolute Gasteiger partial charge is 0.311 e. The van der Waals surface area contributed by atoms with Gasteiger partial charge in [0.1, 0.15) is 0 Å². The molecule has 1 heteroatoms. The molecule has 0 radical (unpaired) electrons. The molecule has 17 heavy (non-hydrogen) atoms. The van der Waals surface area contributed by atoms with E-state index in [1.165, 1.54) is 51.4 Å². The molecule has 0 saturated heterocycles. The van der Waals surface area contributed by atoms with Gasteiger partial charge in [0, 0.05) is 12.6 Å². The van der Waals surface area contributed by atoms with Crippen LogP contribution in [-0.2, 0) is 0 Å². The first-order valence-electron chi connectivity index (χ1n) is 7.65. The number of hydrogen-bond donors (Lipinski definition) is 1.